The number of rotatable bonds is 3. The van der Waals surface area contributed by atoms with Gasteiger partial charge in [0.2, 0.25) is 0 Å². The van der Waals surface area contributed by atoms with Gasteiger partial charge < -0.3 is 15.4 Å². The number of halogens is 1. The number of nitriles is 1. The van der Waals surface area contributed by atoms with Gasteiger partial charge in [-0.05, 0) is 44.4 Å². The first-order chi connectivity index (χ1) is 12.0. The number of methoxy groups -OCH3 is 1. The number of pyridine rings is 1. The van der Waals surface area contributed by atoms with E-state index in [4.69, 9.17) is 27.1 Å². The molecule has 3 rings (SSSR count). The van der Waals surface area contributed by atoms with Crippen molar-refractivity contribution in [2.24, 2.45) is 5.73 Å². The van der Waals surface area contributed by atoms with Crippen molar-refractivity contribution in [3.05, 3.63) is 33.8 Å². The Hall–Kier alpha value is -1.87. The predicted octanol–water partition coefficient (Wildman–Crippen LogP) is 3.70. The van der Waals surface area contributed by atoms with Gasteiger partial charge in [0, 0.05) is 42.2 Å². The number of nitrogens with two attached hydrogens (primary N) is 1. The van der Waals surface area contributed by atoms with E-state index in [1.54, 1.807) is 7.11 Å². The molecule has 2 aromatic rings. The maximum atomic E-state index is 9.75. The van der Waals surface area contributed by atoms with Crippen molar-refractivity contribution in [3.8, 4) is 6.07 Å². The Morgan fingerprint density at radius 2 is 2.08 bits per heavy atom. The number of hydrogen-bond donors (Lipinski definition) is 1. The molecule has 5 nitrogen and oxygen atoms in total. The molecular weight excluding hydrogens is 336 g/mol. The molecule has 0 amide bonds. The van der Waals surface area contributed by atoms with Gasteiger partial charge in [-0.3, -0.25) is 0 Å². The molecule has 1 aliphatic rings. The van der Waals surface area contributed by atoms with E-state index in [1.807, 2.05) is 26.0 Å². The lowest BCUT2D eigenvalue weighted by Gasteiger charge is -2.33. The van der Waals surface area contributed by atoms with Crippen LogP contribution in [0.15, 0.2) is 12.1 Å². The molecule has 1 saturated heterocycles. The highest BCUT2D eigenvalue weighted by molar-refractivity contribution is 6.31. The lowest BCUT2D eigenvalue weighted by Crippen LogP contribution is -2.37. The Labute approximate surface area is 153 Å². The minimum Gasteiger partial charge on any atom is -0.381 e. The molecule has 1 fully saturated rings. The van der Waals surface area contributed by atoms with E-state index < -0.39 is 0 Å². The van der Waals surface area contributed by atoms with E-state index in [0.717, 1.165) is 53.8 Å². The van der Waals surface area contributed by atoms with Crippen molar-refractivity contribution < 1.29 is 4.74 Å². The minimum atomic E-state index is -0.213. The third-order valence-corrected chi connectivity index (χ3v) is 5.20. The monoisotopic (exact) mass is 358 g/mol. The number of hydrogen-bond acceptors (Lipinski definition) is 5. The van der Waals surface area contributed by atoms with Crippen LogP contribution in [0.1, 0.15) is 42.5 Å². The van der Waals surface area contributed by atoms with Crippen molar-refractivity contribution in [3.63, 3.8) is 0 Å². The van der Waals surface area contributed by atoms with E-state index in [9.17, 15) is 5.26 Å². The quantitative estimate of drug-likeness (QED) is 0.905. The lowest BCUT2D eigenvalue weighted by atomic mass is 9.98. The van der Waals surface area contributed by atoms with Gasteiger partial charge in [0.05, 0.1) is 17.2 Å². The standard InChI is InChI=1S/C19H23ClN4O/c1-11-17(10-21)16-9-13(20)8-15(12(2)22)18(16)23-19(11)24-6-4-14(25-3)5-7-24/h8-9,12,14H,4-7,22H2,1-3H3. The summed E-state index contributed by atoms with van der Waals surface area (Å²) < 4.78 is 5.45. The van der Waals surface area contributed by atoms with E-state index >= 15 is 0 Å². The molecule has 132 valence electrons. The van der Waals surface area contributed by atoms with Crippen LogP contribution < -0.4 is 10.6 Å². The molecule has 0 saturated carbocycles. The summed E-state index contributed by atoms with van der Waals surface area (Å²) in [7, 11) is 1.76. The van der Waals surface area contributed by atoms with Gasteiger partial charge in [-0.15, -0.1) is 0 Å². The average Bonchev–Trinajstić information content (AvgIpc) is 2.60. The summed E-state index contributed by atoms with van der Waals surface area (Å²) in [6, 6.07) is 5.78. The Bertz CT molecular complexity index is 836. The molecule has 2 N–H and O–H groups in total. The number of nitrogens with zero attached hydrogens (tertiary/aromatic N) is 3. The van der Waals surface area contributed by atoms with Gasteiger partial charge in [0.1, 0.15) is 11.9 Å². The van der Waals surface area contributed by atoms with Gasteiger partial charge in [0.15, 0.2) is 0 Å². The van der Waals surface area contributed by atoms with Gasteiger partial charge in [-0.2, -0.15) is 5.26 Å². The molecule has 1 aliphatic heterocycles. The first-order valence-corrected chi connectivity index (χ1v) is 8.91. The largest absolute Gasteiger partial charge is 0.381 e. The van der Waals surface area contributed by atoms with Crippen LogP contribution >= 0.6 is 11.6 Å². The van der Waals surface area contributed by atoms with Crippen LogP contribution in [0.5, 0.6) is 0 Å². The highest BCUT2D eigenvalue weighted by Crippen LogP contribution is 2.34. The molecule has 2 heterocycles. The molecule has 0 bridgehead atoms. The fraction of sp³-hybridized carbons (Fsp3) is 0.474. The van der Waals surface area contributed by atoms with E-state index in [-0.39, 0.29) is 6.04 Å². The fourth-order valence-corrected chi connectivity index (χ4v) is 3.77. The summed E-state index contributed by atoms with van der Waals surface area (Å²) in [5.41, 5.74) is 9.28. The molecule has 1 unspecified atom stereocenters. The molecule has 1 aromatic heterocycles. The summed E-state index contributed by atoms with van der Waals surface area (Å²) >= 11 is 6.25. The molecule has 1 aromatic carbocycles. The fourth-order valence-electron chi connectivity index (χ4n) is 3.54. The summed E-state index contributed by atoms with van der Waals surface area (Å²) in [6.07, 6.45) is 2.21. The van der Waals surface area contributed by atoms with Gasteiger partial charge in [-0.1, -0.05) is 11.6 Å². The first-order valence-electron chi connectivity index (χ1n) is 8.53. The molecule has 6 heteroatoms. The Balaban J connectivity index is 2.17. The zero-order valence-electron chi connectivity index (χ0n) is 14.8. The summed E-state index contributed by atoms with van der Waals surface area (Å²) in [5.74, 6) is 0.864. The molecule has 0 aliphatic carbocycles. The van der Waals surface area contributed by atoms with Crippen molar-refractivity contribution in [2.75, 3.05) is 25.1 Å². The van der Waals surface area contributed by atoms with Crippen molar-refractivity contribution in [2.45, 2.75) is 38.8 Å². The van der Waals surface area contributed by atoms with Crippen LogP contribution in [0, 0.1) is 18.3 Å². The second kappa shape index (κ2) is 7.17. The first kappa shape index (κ1) is 17.9. The number of fused-ring (bicyclic) bond motifs is 1. The van der Waals surface area contributed by atoms with E-state index in [0.29, 0.717) is 16.7 Å². The summed E-state index contributed by atoms with van der Waals surface area (Å²) in [6.45, 7) is 5.59. The third-order valence-electron chi connectivity index (χ3n) is 4.98. The van der Waals surface area contributed by atoms with Crippen LogP contribution in [0.25, 0.3) is 10.9 Å². The van der Waals surface area contributed by atoms with Gasteiger partial charge >= 0.3 is 0 Å². The second-order valence-corrected chi connectivity index (χ2v) is 7.09. The van der Waals surface area contributed by atoms with Crippen molar-refractivity contribution >= 4 is 28.3 Å². The highest BCUT2D eigenvalue weighted by atomic mass is 35.5. The number of ether oxygens (including phenoxy) is 1. The summed E-state index contributed by atoms with van der Waals surface area (Å²) in [5, 5.41) is 11.1. The predicted molar refractivity (Wildman–Crippen MR) is 101 cm³/mol. The van der Waals surface area contributed by atoms with Crippen molar-refractivity contribution in [1.29, 1.82) is 5.26 Å². The Kier molecular flexibility index (Phi) is 5.14. The Morgan fingerprint density at radius 3 is 2.64 bits per heavy atom. The lowest BCUT2D eigenvalue weighted by molar-refractivity contribution is 0.0818. The molecule has 0 spiro atoms. The third kappa shape index (κ3) is 3.30. The highest BCUT2D eigenvalue weighted by Gasteiger charge is 2.24. The number of aromatic nitrogens is 1. The maximum absolute atomic E-state index is 9.75. The smallest absolute Gasteiger partial charge is 0.133 e. The minimum absolute atomic E-state index is 0.213. The van der Waals surface area contributed by atoms with Crippen molar-refractivity contribution in [1.82, 2.24) is 4.98 Å². The normalized spacial score (nSPS) is 16.9. The maximum Gasteiger partial charge on any atom is 0.133 e. The topological polar surface area (TPSA) is 75.2 Å². The van der Waals surface area contributed by atoms with Gasteiger partial charge in [-0.25, -0.2) is 4.98 Å². The average molecular weight is 359 g/mol. The molecule has 0 radical (unpaired) electrons. The van der Waals surface area contributed by atoms with Crippen LogP contribution in [-0.2, 0) is 4.74 Å². The van der Waals surface area contributed by atoms with Gasteiger partial charge in [0.25, 0.3) is 0 Å². The molecule has 1 atom stereocenters. The SMILES string of the molecule is COC1CCN(c2nc3c(C(C)N)cc(Cl)cc3c(C#N)c2C)CC1. The summed E-state index contributed by atoms with van der Waals surface area (Å²) in [4.78, 5) is 7.16. The zero-order chi connectivity index (χ0) is 18.1. The Morgan fingerprint density at radius 1 is 1.40 bits per heavy atom. The van der Waals surface area contributed by atoms with Crippen LogP contribution in [0.2, 0.25) is 5.02 Å². The van der Waals surface area contributed by atoms with Crippen LogP contribution in [-0.4, -0.2) is 31.3 Å². The number of benzene rings is 1. The zero-order valence-corrected chi connectivity index (χ0v) is 15.6. The molecule has 25 heavy (non-hydrogen) atoms. The van der Waals surface area contributed by atoms with E-state index in [2.05, 4.69) is 11.0 Å². The van der Waals surface area contributed by atoms with E-state index in [1.165, 1.54) is 0 Å². The molecular formula is C19H23ClN4O. The van der Waals surface area contributed by atoms with Crippen LogP contribution in [0.4, 0.5) is 5.82 Å². The number of anilines is 1. The van der Waals surface area contributed by atoms with Crippen LogP contribution in [0.3, 0.4) is 0 Å². The second-order valence-electron chi connectivity index (χ2n) is 6.65. The number of piperidine rings is 1.